The second-order valence-electron chi connectivity index (χ2n) is 7.72. The van der Waals surface area contributed by atoms with Crippen LogP contribution in [-0.2, 0) is 4.79 Å². The fourth-order valence-corrected chi connectivity index (χ4v) is 4.56. The zero-order valence-corrected chi connectivity index (χ0v) is 17.4. The molecule has 144 valence electrons. The molecule has 0 spiro atoms. The lowest BCUT2D eigenvalue weighted by Crippen LogP contribution is -2.32. The van der Waals surface area contributed by atoms with E-state index in [0.717, 1.165) is 34.7 Å². The van der Waals surface area contributed by atoms with Crippen molar-refractivity contribution in [2.75, 3.05) is 0 Å². The summed E-state index contributed by atoms with van der Waals surface area (Å²) in [6, 6.07) is 15.5. The lowest BCUT2D eigenvalue weighted by atomic mass is 9.73. The van der Waals surface area contributed by atoms with E-state index in [1.165, 1.54) is 5.57 Å². The molecule has 1 saturated carbocycles. The molecular weight excluding hydrogens is 391 g/mol. The lowest BCUT2D eigenvalue weighted by Gasteiger charge is -2.32. The Bertz CT molecular complexity index is 948. The molecule has 0 N–H and O–H groups in total. The van der Waals surface area contributed by atoms with Crippen molar-refractivity contribution in [2.24, 2.45) is 16.9 Å². The van der Waals surface area contributed by atoms with Gasteiger partial charge in [0.15, 0.2) is 0 Å². The van der Waals surface area contributed by atoms with Gasteiger partial charge < -0.3 is 0 Å². The highest BCUT2D eigenvalue weighted by Gasteiger charge is 2.44. The zero-order chi connectivity index (χ0) is 19.8. The van der Waals surface area contributed by atoms with Crippen LogP contribution >= 0.6 is 23.2 Å². The maximum Gasteiger partial charge on any atom is 0.240 e. The summed E-state index contributed by atoms with van der Waals surface area (Å²) < 4.78 is 0. The number of hydrogen-bond acceptors (Lipinski definition) is 2. The molecule has 0 saturated heterocycles. The average Bonchev–Trinajstić information content (AvgIpc) is 3.04. The molecule has 0 unspecified atom stereocenters. The second-order valence-corrected chi connectivity index (χ2v) is 8.59. The van der Waals surface area contributed by atoms with Crippen LogP contribution in [0, 0.1) is 11.8 Å². The van der Waals surface area contributed by atoms with Gasteiger partial charge in [0.1, 0.15) is 0 Å². The monoisotopic (exact) mass is 412 g/mol. The van der Waals surface area contributed by atoms with Crippen LogP contribution in [0.25, 0.3) is 6.08 Å². The predicted octanol–water partition coefficient (Wildman–Crippen LogP) is 6.38. The quantitative estimate of drug-likeness (QED) is 0.562. The van der Waals surface area contributed by atoms with Gasteiger partial charge >= 0.3 is 0 Å². The molecule has 1 fully saturated rings. The summed E-state index contributed by atoms with van der Waals surface area (Å²) >= 11 is 12.1. The summed E-state index contributed by atoms with van der Waals surface area (Å²) in [6.45, 7) is 3.85. The SMILES string of the molecule is CC(=O)N1N=C2/C(=C/c3ccc(Cl)cc3)C[C@H](C)C[C@H]2[C@H]1c1ccc(Cl)cc1. The molecule has 4 rings (SSSR count). The molecule has 0 bridgehead atoms. The van der Waals surface area contributed by atoms with Crippen LogP contribution < -0.4 is 0 Å². The normalized spacial score (nSPS) is 25.6. The maximum absolute atomic E-state index is 12.4. The number of hydrazone groups is 1. The van der Waals surface area contributed by atoms with E-state index in [1.54, 1.807) is 11.9 Å². The van der Waals surface area contributed by atoms with E-state index in [1.807, 2.05) is 48.5 Å². The molecule has 2 aromatic rings. The molecular formula is C23H22Cl2N2O. The van der Waals surface area contributed by atoms with Crippen molar-refractivity contribution in [3.8, 4) is 0 Å². The minimum atomic E-state index is -0.0823. The zero-order valence-electron chi connectivity index (χ0n) is 15.9. The Labute approximate surface area is 175 Å². The Hall–Kier alpha value is -2.10. The third-order valence-electron chi connectivity index (χ3n) is 5.51. The highest BCUT2D eigenvalue weighted by atomic mass is 35.5. The Balaban J connectivity index is 1.75. The summed E-state index contributed by atoms with van der Waals surface area (Å²) in [5.41, 5.74) is 4.40. The van der Waals surface area contributed by atoms with Gasteiger partial charge in [-0.15, -0.1) is 0 Å². The van der Waals surface area contributed by atoms with Crippen molar-refractivity contribution in [2.45, 2.75) is 32.7 Å². The molecule has 3 atom stereocenters. The summed E-state index contributed by atoms with van der Waals surface area (Å²) in [7, 11) is 0. The fraction of sp³-hybridized carbons (Fsp3) is 0.304. The van der Waals surface area contributed by atoms with Crippen LogP contribution in [-0.4, -0.2) is 16.6 Å². The number of hydrogen-bond donors (Lipinski definition) is 0. The van der Waals surface area contributed by atoms with Crippen molar-refractivity contribution in [1.82, 2.24) is 5.01 Å². The number of allylic oxidation sites excluding steroid dienone is 1. The van der Waals surface area contributed by atoms with Gasteiger partial charge in [0.2, 0.25) is 5.91 Å². The highest BCUT2D eigenvalue weighted by molar-refractivity contribution is 6.30. The minimum absolute atomic E-state index is 0.0413. The third kappa shape index (κ3) is 3.74. The topological polar surface area (TPSA) is 32.7 Å². The molecule has 1 amide bonds. The lowest BCUT2D eigenvalue weighted by molar-refractivity contribution is -0.131. The number of amides is 1. The molecule has 3 nitrogen and oxygen atoms in total. The fourth-order valence-electron chi connectivity index (χ4n) is 4.30. The van der Waals surface area contributed by atoms with Crippen LogP contribution in [0.1, 0.15) is 43.9 Å². The van der Waals surface area contributed by atoms with Crippen molar-refractivity contribution >= 4 is 40.9 Å². The van der Waals surface area contributed by atoms with E-state index in [9.17, 15) is 4.79 Å². The Morgan fingerprint density at radius 3 is 2.29 bits per heavy atom. The molecule has 28 heavy (non-hydrogen) atoms. The minimum Gasteiger partial charge on any atom is -0.273 e. The van der Waals surface area contributed by atoms with Gasteiger partial charge in [0.25, 0.3) is 0 Å². The largest absolute Gasteiger partial charge is 0.273 e. The van der Waals surface area contributed by atoms with Crippen molar-refractivity contribution in [3.63, 3.8) is 0 Å². The van der Waals surface area contributed by atoms with Crippen molar-refractivity contribution < 1.29 is 4.79 Å². The molecule has 1 aliphatic heterocycles. The third-order valence-corrected chi connectivity index (χ3v) is 6.01. The van der Waals surface area contributed by atoms with Crippen LogP contribution in [0.5, 0.6) is 0 Å². The van der Waals surface area contributed by atoms with E-state index in [2.05, 4.69) is 13.0 Å². The van der Waals surface area contributed by atoms with E-state index in [0.29, 0.717) is 10.9 Å². The molecule has 0 radical (unpaired) electrons. The van der Waals surface area contributed by atoms with Gasteiger partial charge in [-0.05, 0) is 65.8 Å². The summed E-state index contributed by atoms with van der Waals surface area (Å²) in [4.78, 5) is 12.4. The number of nitrogens with zero attached hydrogens (tertiary/aromatic N) is 2. The van der Waals surface area contributed by atoms with Crippen LogP contribution in [0.3, 0.4) is 0 Å². The van der Waals surface area contributed by atoms with Gasteiger partial charge in [0.05, 0.1) is 11.8 Å². The van der Waals surface area contributed by atoms with Crippen LogP contribution in [0.4, 0.5) is 0 Å². The Kier molecular flexibility index (Phi) is 5.31. The number of benzene rings is 2. The van der Waals surface area contributed by atoms with Gasteiger partial charge in [-0.25, -0.2) is 5.01 Å². The van der Waals surface area contributed by atoms with Crippen molar-refractivity contribution in [3.05, 3.63) is 75.3 Å². The highest BCUT2D eigenvalue weighted by Crippen LogP contribution is 2.46. The Morgan fingerprint density at radius 1 is 1.07 bits per heavy atom. The average molecular weight is 413 g/mol. The first-order chi connectivity index (χ1) is 13.4. The molecule has 1 aliphatic carbocycles. The van der Waals surface area contributed by atoms with E-state index in [4.69, 9.17) is 28.3 Å². The van der Waals surface area contributed by atoms with Gasteiger partial charge in [-0.1, -0.05) is 54.4 Å². The number of rotatable bonds is 2. The van der Waals surface area contributed by atoms with Gasteiger partial charge in [0, 0.05) is 22.9 Å². The van der Waals surface area contributed by atoms with Crippen molar-refractivity contribution in [1.29, 1.82) is 0 Å². The predicted molar refractivity (Wildman–Crippen MR) is 115 cm³/mol. The van der Waals surface area contributed by atoms with Crippen LogP contribution in [0.15, 0.2) is 59.2 Å². The molecule has 2 aromatic carbocycles. The Morgan fingerprint density at radius 2 is 1.68 bits per heavy atom. The second kappa shape index (κ2) is 7.73. The first kappa shape index (κ1) is 19.2. The first-order valence-electron chi connectivity index (χ1n) is 9.52. The van der Waals surface area contributed by atoms with Crippen LogP contribution in [0.2, 0.25) is 10.0 Å². The molecule has 5 heteroatoms. The maximum atomic E-state index is 12.4. The number of carbonyl (C=O) groups excluding carboxylic acids is 1. The number of fused-ring (bicyclic) bond motifs is 1. The van der Waals surface area contributed by atoms with Gasteiger partial charge in [-0.2, -0.15) is 5.10 Å². The summed E-state index contributed by atoms with van der Waals surface area (Å²) in [5.74, 6) is 0.664. The molecule has 1 heterocycles. The standard InChI is InChI=1S/C23H22Cl2N2O/c1-14-11-18(13-16-3-7-19(24)8-4-16)22-21(12-14)23(27(26-22)15(2)28)17-5-9-20(25)10-6-17/h3-10,13-14,21,23H,11-12H2,1-2H3/b18-13+/t14-,21+,23+/m0/s1. The first-order valence-corrected chi connectivity index (χ1v) is 10.3. The van der Waals surface area contributed by atoms with E-state index >= 15 is 0 Å². The van der Waals surface area contributed by atoms with E-state index < -0.39 is 0 Å². The smallest absolute Gasteiger partial charge is 0.240 e. The number of carbonyl (C=O) groups is 1. The summed E-state index contributed by atoms with van der Waals surface area (Å²) in [6.07, 6.45) is 4.14. The molecule has 2 aliphatic rings. The van der Waals surface area contributed by atoms with E-state index in [-0.39, 0.29) is 17.9 Å². The summed E-state index contributed by atoms with van der Waals surface area (Å²) in [5, 5.41) is 7.86. The molecule has 0 aromatic heterocycles. The number of halogens is 2. The van der Waals surface area contributed by atoms with Gasteiger partial charge in [-0.3, -0.25) is 4.79 Å².